The fourth-order valence-corrected chi connectivity index (χ4v) is 1.64. The van der Waals surface area contributed by atoms with Gasteiger partial charge in [-0.3, -0.25) is 4.79 Å². The van der Waals surface area contributed by atoms with Crippen LogP contribution in [0.25, 0.3) is 11.1 Å². The predicted molar refractivity (Wildman–Crippen MR) is 59.1 cm³/mol. The lowest BCUT2D eigenvalue weighted by Gasteiger charge is -2.18. The molecule has 0 bridgehead atoms. The Morgan fingerprint density at radius 3 is 2.94 bits per heavy atom. The molecule has 0 spiro atoms. The first-order valence-corrected chi connectivity index (χ1v) is 5.05. The maximum absolute atomic E-state index is 11.1. The van der Waals surface area contributed by atoms with Gasteiger partial charge < -0.3 is 9.52 Å². The predicted octanol–water partition coefficient (Wildman–Crippen LogP) is 2.48. The minimum Gasteiger partial charge on any atom is -0.481 e. The third-order valence-electron chi connectivity index (χ3n) is 2.65. The van der Waals surface area contributed by atoms with Gasteiger partial charge in [-0.25, -0.2) is 4.98 Å². The molecule has 0 fully saturated rings. The van der Waals surface area contributed by atoms with E-state index in [0.29, 0.717) is 12.0 Å². The molecule has 16 heavy (non-hydrogen) atoms. The van der Waals surface area contributed by atoms with Gasteiger partial charge in [0.1, 0.15) is 5.52 Å². The Morgan fingerprint density at radius 2 is 2.25 bits per heavy atom. The number of nitrogens with zero attached hydrogens (tertiary/aromatic N) is 1. The number of aliphatic carboxylic acids is 1. The van der Waals surface area contributed by atoms with Gasteiger partial charge in [-0.05, 0) is 31.9 Å². The molecule has 0 atom stereocenters. The summed E-state index contributed by atoms with van der Waals surface area (Å²) in [4.78, 5) is 15.1. The zero-order valence-electron chi connectivity index (χ0n) is 9.23. The standard InChI is InChI=1S/C12H13NO3/c1-12(2,11(14)15)6-8-4-3-5-9-10(8)16-7-13-9/h3-5,7H,6H2,1-2H3,(H,14,15). The minimum atomic E-state index is -0.816. The van der Waals surface area contributed by atoms with E-state index in [9.17, 15) is 4.79 Å². The van der Waals surface area contributed by atoms with Crippen LogP contribution in [-0.2, 0) is 11.2 Å². The molecule has 1 N–H and O–H groups in total. The molecule has 0 aliphatic heterocycles. The number of para-hydroxylation sites is 1. The molecule has 2 aromatic rings. The fourth-order valence-electron chi connectivity index (χ4n) is 1.64. The quantitative estimate of drug-likeness (QED) is 0.861. The van der Waals surface area contributed by atoms with Crippen LogP contribution in [0.15, 0.2) is 29.0 Å². The maximum atomic E-state index is 11.1. The minimum absolute atomic E-state index is 0.425. The molecular weight excluding hydrogens is 206 g/mol. The Kier molecular flexibility index (Phi) is 2.42. The van der Waals surface area contributed by atoms with Crippen LogP contribution >= 0.6 is 0 Å². The van der Waals surface area contributed by atoms with E-state index in [2.05, 4.69) is 4.98 Å². The van der Waals surface area contributed by atoms with Crippen molar-refractivity contribution in [2.75, 3.05) is 0 Å². The highest BCUT2D eigenvalue weighted by molar-refractivity contribution is 5.78. The number of carbonyl (C=O) groups is 1. The summed E-state index contributed by atoms with van der Waals surface area (Å²) in [5.41, 5.74) is 1.51. The van der Waals surface area contributed by atoms with E-state index in [4.69, 9.17) is 9.52 Å². The van der Waals surface area contributed by atoms with Crippen molar-refractivity contribution in [1.82, 2.24) is 4.98 Å². The number of oxazole rings is 1. The first-order valence-electron chi connectivity index (χ1n) is 5.05. The van der Waals surface area contributed by atoms with E-state index in [1.807, 2.05) is 18.2 Å². The molecule has 84 valence electrons. The summed E-state index contributed by atoms with van der Waals surface area (Å²) in [6.07, 6.45) is 1.80. The molecule has 1 aromatic heterocycles. The van der Waals surface area contributed by atoms with Gasteiger partial charge >= 0.3 is 5.97 Å². The average molecular weight is 219 g/mol. The van der Waals surface area contributed by atoms with Crippen LogP contribution in [0, 0.1) is 5.41 Å². The maximum Gasteiger partial charge on any atom is 0.309 e. The summed E-state index contributed by atoms with van der Waals surface area (Å²) in [5, 5.41) is 9.08. The number of carboxylic acids is 1. The van der Waals surface area contributed by atoms with Crippen molar-refractivity contribution in [2.45, 2.75) is 20.3 Å². The number of rotatable bonds is 3. The summed E-state index contributed by atoms with van der Waals surface area (Å²) < 4.78 is 5.27. The second-order valence-corrected chi connectivity index (χ2v) is 4.48. The molecule has 1 heterocycles. The van der Waals surface area contributed by atoms with Gasteiger partial charge in [0.05, 0.1) is 5.41 Å². The lowest BCUT2D eigenvalue weighted by atomic mass is 9.86. The Labute approximate surface area is 92.9 Å². The van der Waals surface area contributed by atoms with Crippen LogP contribution in [0.2, 0.25) is 0 Å². The van der Waals surface area contributed by atoms with Crippen molar-refractivity contribution in [1.29, 1.82) is 0 Å². The number of carboxylic acid groups (broad SMARTS) is 1. The molecule has 0 saturated heterocycles. The molecule has 0 saturated carbocycles. The smallest absolute Gasteiger partial charge is 0.309 e. The summed E-state index contributed by atoms with van der Waals surface area (Å²) >= 11 is 0. The Morgan fingerprint density at radius 1 is 1.50 bits per heavy atom. The second kappa shape index (κ2) is 3.63. The largest absolute Gasteiger partial charge is 0.481 e. The number of hydrogen-bond donors (Lipinski definition) is 1. The van der Waals surface area contributed by atoms with Gasteiger partial charge in [0.2, 0.25) is 0 Å². The van der Waals surface area contributed by atoms with Crippen molar-refractivity contribution in [3.63, 3.8) is 0 Å². The lowest BCUT2D eigenvalue weighted by Crippen LogP contribution is -2.26. The first-order chi connectivity index (χ1) is 7.50. The topological polar surface area (TPSA) is 63.3 Å². The van der Waals surface area contributed by atoms with Crippen LogP contribution in [-0.4, -0.2) is 16.1 Å². The van der Waals surface area contributed by atoms with Gasteiger partial charge in [-0.15, -0.1) is 0 Å². The van der Waals surface area contributed by atoms with Crippen molar-refractivity contribution in [3.8, 4) is 0 Å². The van der Waals surface area contributed by atoms with Crippen LogP contribution in [0.5, 0.6) is 0 Å². The normalized spacial score (nSPS) is 11.9. The van der Waals surface area contributed by atoms with Crippen LogP contribution in [0.3, 0.4) is 0 Å². The summed E-state index contributed by atoms with van der Waals surface area (Å²) in [5.74, 6) is -0.816. The van der Waals surface area contributed by atoms with Gasteiger partial charge in [-0.1, -0.05) is 12.1 Å². The summed E-state index contributed by atoms with van der Waals surface area (Å²) in [7, 11) is 0. The van der Waals surface area contributed by atoms with Crippen molar-refractivity contribution >= 4 is 17.1 Å². The molecule has 4 nitrogen and oxygen atoms in total. The van der Waals surface area contributed by atoms with Gasteiger partial charge in [0.25, 0.3) is 0 Å². The molecular formula is C12H13NO3. The van der Waals surface area contributed by atoms with Gasteiger partial charge in [-0.2, -0.15) is 0 Å². The molecule has 1 aromatic carbocycles. The Balaban J connectivity index is 2.41. The van der Waals surface area contributed by atoms with E-state index in [0.717, 1.165) is 11.1 Å². The van der Waals surface area contributed by atoms with Crippen molar-refractivity contribution in [3.05, 3.63) is 30.2 Å². The molecule has 0 radical (unpaired) electrons. The van der Waals surface area contributed by atoms with Crippen molar-refractivity contribution < 1.29 is 14.3 Å². The van der Waals surface area contributed by atoms with Gasteiger partial charge in [0.15, 0.2) is 12.0 Å². The Hall–Kier alpha value is -1.84. The number of hydrogen-bond acceptors (Lipinski definition) is 3. The molecule has 2 rings (SSSR count). The summed E-state index contributed by atoms with van der Waals surface area (Å²) in [6.45, 7) is 3.40. The molecule has 0 aliphatic carbocycles. The highest BCUT2D eigenvalue weighted by Gasteiger charge is 2.28. The Bertz CT molecular complexity index is 528. The van der Waals surface area contributed by atoms with Crippen molar-refractivity contribution in [2.24, 2.45) is 5.41 Å². The number of aromatic nitrogens is 1. The second-order valence-electron chi connectivity index (χ2n) is 4.48. The monoisotopic (exact) mass is 219 g/mol. The van der Waals surface area contributed by atoms with E-state index in [-0.39, 0.29) is 0 Å². The van der Waals surface area contributed by atoms with E-state index in [1.54, 1.807) is 13.8 Å². The van der Waals surface area contributed by atoms with Gasteiger partial charge in [0, 0.05) is 0 Å². The lowest BCUT2D eigenvalue weighted by molar-refractivity contribution is -0.146. The zero-order chi connectivity index (χ0) is 11.8. The van der Waals surface area contributed by atoms with E-state index >= 15 is 0 Å². The number of benzene rings is 1. The first kappa shape index (κ1) is 10.7. The average Bonchev–Trinajstić information content (AvgIpc) is 2.65. The highest BCUT2D eigenvalue weighted by Crippen LogP contribution is 2.26. The molecule has 0 aliphatic rings. The highest BCUT2D eigenvalue weighted by atomic mass is 16.4. The molecule has 0 unspecified atom stereocenters. The van der Waals surface area contributed by atoms with E-state index < -0.39 is 11.4 Å². The van der Waals surface area contributed by atoms with Crippen LogP contribution < -0.4 is 0 Å². The summed E-state index contributed by atoms with van der Waals surface area (Å²) in [6, 6.07) is 5.58. The van der Waals surface area contributed by atoms with Crippen LogP contribution in [0.4, 0.5) is 0 Å². The zero-order valence-corrected chi connectivity index (χ0v) is 9.23. The third-order valence-corrected chi connectivity index (χ3v) is 2.65. The number of fused-ring (bicyclic) bond motifs is 1. The fraction of sp³-hybridized carbons (Fsp3) is 0.333. The molecule has 4 heteroatoms. The SMILES string of the molecule is CC(C)(Cc1cccc2ncoc12)C(=O)O. The molecule has 0 amide bonds. The van der Waals surface area contributed by atoms with Crippen LogP contribution in [0.1, 0.15) is 19.4 Å². The van der Waals surface area contributed by atoms with E-state index in [1.165, 1.54) is 6.39 Å². The third kappa shape index (κ3) is 1.78.